The molecule has 130 valence electrons. The SMILES string of the molecule is Cc1cc(=O)n2c(n1)NC(N1CCCCC1)=NC2c1ccccc1O. The zero-order chi connectivity index (χ0) is 17.4. The Labute approximate surface area is 145 Å². The Morgan fingerprint density at radius 1 is 1.20 bits per heavy atom. The van der Waals surface area contributed by atoms with Crippen molar-refractivity contribution >= 4 is 11.9 Å². The maximum Gasteiger partial charge on any atom is 0.257 e. The Kier molecular flexibility index (Phi) is 3.91. The van der Waals surface area contributed by atoms with Crippen molar-refractivity contribution in [3.05, 3.63) is 51.9 Å². The van der Waals surface area contributed by atoms with Gasteiger partial charge >= 0.3 is 0 Å². The fraction of sp³-hybridized carbons (Fsp3) is 0.389. The molecule has 1 atom stereocenters. The van der Waals surface area contributed by atoms with Crippen molar-refractivity contribution in [1.82, 2.24) is 14.5 Å². The second-order valence-corrected chi connectivity index (χ2v) is 6.49. The lowest BCUT2D eigenvalue weighted by Crippen LogP contribution is -2.45. The van der Waals surface area contributed by atoms with Crippen molar-refractivity contribution in [2.45, 2.75) is 32.4 Å². The van der Waals surface area contributed by atoms with Gasteiger partial charge in [-0.3, -0.25) is 14.7 Å². The summed E-state index contributed by atoms with van der Waals surface area (Å²) in [6, 6.07) is 8.48. The summed E-state index contributed by atoms with van der Waals surface area (Å²) in [6.45, 7) is 3.65. The number of hydrogen-bond donors (Lipinski definition) is 2. The molecule has 0 spiro atoms. The first kappa shape index (κ1) is 15.7. The van der Waals surface area contributed by atoms with Gasteiger partial charge < -0.3 is 10.0 Å². The lowest BCUT2D eigenvalue weighted by Gasteiger charge is -2.34. The van der Waals surface area contributed by atoms with E-state index in [1.807, 2.05) is 6.07 Å². The number of aliphatic imine (C=N–C) groups is 1. The van der Waals surface area contributed by atoms with Crippen LogP contribution in [0.15, 0.2) is 40.1 Å². The van der Waals surface area contributed by atoms with E-state index in [0.29, 0.717) is 23.2 Å². The number of nitrogens with zero attached hydrogens (tertiary/aromatic N) is 4. The first-order valence-electron chi connectivity index (χ1n) is 8.61. The molecule has 25 heavy (non-hydrogen) atoms. The van der Waals surface area contributed by atoms with Gasteiger partial charge in [-0.2, -0.15) is 0 Å². The molecule has 1 fully saturated rings. The van der Waals surface area contributed by atoms with E-state index >= 15 is 0 Å². The van der Waals surface area contributed by atoms with Gasteiger partial charge in [0.1, 0.15) is 5.75 Å². The maximum atomic E-state index is 12.6. The van der Waals surface area contributed by atoms with Crippen LogP contribution in [0.3, 0.4) is 0 Å². The van der Waals surface area contributed by atoms with Crippen LogP contribution in [-0.4, -0.2) is 38.6 Å². The molecule has 1 saturated heterocycles. The summed E-state index contributed by atoms with van der Waals surface area (Å²) in [4.78, 5) is 24.0. The van der Waals surface area contributed by atoms with E-state index in [1.165, 1.54) is 17.1 Å². The van der Waals surface area contributed by atoms with Crippen LogP contribution in [0, 0.1) is 6.92 Å². The minimum absolute atomic E-state index is 0.120. The van der Waals surface area contributed by atoms with Gasteiger partial charge in [0.25, 0.3) is 5.56 Å². The van der Waals surface area contributed by atoms with E-state index in [4.69, 9.17) is 4.99 Å². The summed E-state index contributed by atoms with van der Waals surface area (Å²) < 4.78 is 1.50. The van der Waals surface area contributed by atoms with Crippen molar-refractivity contribution in [1.29, 1.82) is 0 Å². The molecule has 0 aliphatic carbocycles. The van der Waals surface area contributed by atoms with Crippen molar-refractivity contribution in [2.75, 3.05) is 18.4 Å². The fourth-order valence-corrected chi connectivity index (χ4v) is 3.42. The molecule has 1 aromatic carbocycles. The molecular formula is C18H21N5O2. The number of aromatic hydroxyl groups is 1. The van der Waals surface area contributed by atoms with E-state index in [2.05, 4.69) is 15.2 Å². The number of rotatable bonds is 1. The number of phenolic OH excluding ortho intramolecular Hbond substituents is 1. The van der Waals surface area contributed by atoms with Crippen LogP contribution in [0.1, 0.15) is 36.7 Å². The molecule has 1 aromatic heterocycles. The zero-order valence-electron chi connectivity index (χ0n) is 14.1. The van der Waals surface area contributed by atoms with Crippen LogP contribution in [0.4, 0.5) is 5.95 Å². The Balaban J connectivity index is 1.85. The van der Waals surface area contributed by atoms with Gasteiger partial charge in [0.05, 0.1) is 0 Å². The van der Waals surface area contributed by atoms with Gasteiger partial charge in [0.2, 0.25) is 11.9 Å². The molecule has 2 aliphatic heterocycles. The third-order valence-electron chi connectivity index (χ3n) is 4.66. The summed E-state index contributed by atoms with van der Waals surface area (Å²) in [5, 5.41) is 13.5. The zero-order valence-corrected chi connectivity index (χ0v) is 14.1. The van der Waals surface area contributed by atoms with Gasteiger partial charge in [-0.15, -0.1) is 0 Å². The summed E-state index contributed by atoms with van der Waals surface area (Å²) in [6.07, 6.45) is 2.83. The smallest absolute Gasteiger partial charge is 0.257 e. The summed E-state index contributed by atoms with van der Waals surface area (Å²) >= 11 is 0. The molecule has 7 nitrogen and oxygen atoms in total. The number of para-hydroxylation sites is 1. The number of phenols is 1. The summed E-state index contributed by atoms with van der Waals surface area (Å²) in [7, 11) is 0. The van der Waals surface area contributed by atoms with Crippen molar-refractivity contribution in [3.8, 4) is 5.75 Å². The lowest BCUT2D eigenvalue weighted by molar-refractivity contribution is 0.335. The van der Waals surface area contributed by atoms with Crippen LogP contribution >= 0.6 is 0 Å². The Morgan fingerprint density at radius 2 is 1.96 bits per heavy atom. The highest BCUT2D eigenvalue weighted by atomic mass is 16.3. The van der Waals surface area contributed by atoms with Crippen LogP contribution in [0.2, 0.25) is 0 Å². The number of nitrogens with one attached hydrogen (secondary N) is 1. The Hall–Kier alpha value is -2.83. The standard InChI is InChI=1S/C18H21N5O2/c1-12-11-15(25)23-16(13-7-3-4-8-14(13)24)20-17(21-18(23)19-12)22-9-5-2-6-10-22/h3-4,7-8,11,16,24H,2,5-6,9-10H2,1H3,(H,19,20,21). The average Bonchev–Trinajstić information content (AvgIpc) is 2.61. The van der Waals surface area contributed by atoms with E-state index in [-0.39, 0.29) is 11.3 Å². The molecule has 0 radical (unpaired) electrons. The molecule has 2 aromatic rings. The molecule has 2 N–H and O–H groups in total. The third-order valence-corrected chi connectivity index (χ3v) is 4.66. The molecule has 7 heteroatoms. The van der Waals surface area contributed by atoms with Gasteiger partial charge in [0, 0.05) is 30.4 Å². The highest BCUT2D eigenvalue weighted by molar-refractivity contribution is 5.93. The molecule has 0 saturated carbocycles. The number of piperidine rings is 1. The number of likely N-dealkylation sites (tertiary alicyclic amines) is 1. The summed E-state index contributed by atoms with van der Waals surface area (Å²) in [5.41, 5.74) is 1.05. The van der Waals surface area contributed by atoms with Crippen molar-refractivity contribution in [3.63, 3.8) is 0 Å². The molecule has 4 rings (SSSR count). The van der Waals surface area contributed by atoms with Gasteiger partial charge in [-0.05, 0) is 32.3 Å². The van der Waals surface area contributed by atoms with E-state index in [9.17, 15) is 9.90 Å². The van der Waals surface area contributed by atoms with Crippen LogP contribution in [0.25, 0.3) is 0 Å². The summed E-state index contributed by atoms with van der Waals surface area (Å²) in [5.74, 6) is 1.30. The number of fused-ring (bicyclic) bond motifs is 1. The highest BCUT2D eigenvalue weighted by Crippen LogP contribution is 2.31. The second kappa shape index (κ2) is 6.23. The molecule has 0 bridgehead atoms. The minimum atomic E-state index is -0.630. The quantitative estimate of drug-likeness (QED) is 0.831. The second-order valence-electron chi connectivity index (χ2n) is 6.49. The van der Waals surface area contributed by atoms with E-state index in [0.717, 1.165) is 25.9 Å². The molecular weight excluding hydrogens is 318 g/mol. The van der Waals surface area contributed by atoms with Gasteiger partial charge in [-0.1, -0.05) is 18.2 Å². The van der Waals surface area contributed by atoms with Crippen molar-refractivity contribution < 1.29 is 5.11 Å². The first-order chi connectivity index (χ1) is 12.1. The lowest BCUT2D eigenvalue weighted by atomic mass is 10.1. The Bertz CT molecular complexity index is 883. The number of guanidine groups is 1. The Morgan fingerprint density at radius 3 is 2.72 bits per heavy atom. The molecule has 2 aliphatic rings. The molecule has 1 unspecified atom stereocenters. The number of anilines is 1. The first-order valence-corrected chi connectivity index (χ1v) is 8.61. The maximum absolute atomic E-state index is 12.6. The number of aromatic nitrogens is 2. The topological polar surface area (TPSA) is 82.8 Å². The highest BCUT2D eigenvalue weighted by Gasteiger charge is 2.29. The van der Waals surface area contributed by atoms with Gasteiger partial charge in [-0.25, -0.2) is 9.98 Å². The van der Waals surface area contributed by atoms with Gasteiger partial charge in [0.15, 0.2) is 6.17 Å². The van der Waals surface area contributed by atoms with Crippen LogP contribution in [-0.2, 0) is 0 Å². The minimum Gasteiger partial charge on any atom is -0.508 e. The third kappa shape index (κ3) is 2.86. The van der Waals surface area contributed by atoms with E-state index < -0.39 is 6.17 Å². The number of aryl methyl sites for hydroxylation is 1. The van der Waals surface area contributed by atoms with Crippen molar-refractivity contribution in [2.24, 2.45) is 4.99 Å². The van der Waals surface area contributed by atoms with Crippen LogP contribution < -0.4 is 10.9 Å². The number of benzene rings is 1. The fourth-order valence-electron chi connectivity index (χ4n) is 3.42. The molecule has 0 amide bonds. The largest absolute Gasteiger partial charge is 0.508 e. The molecule has 3 heterocycles. The monoisotopic (exact) mass is 339 g/mol. The average molecular weight is 339 g/mol. The van der Waals surface area contributed by atoms with E-state index in [1.54, 1.807) is 25.1 Å². The predicted molar refractivity (Wildman–Crippen MR) is 96.0 cm³/mol. The number of hydrogen-bond acceptors (Lipinski definition) is 6. The normalized spacial score (nSPS) is 19.8. The van der Waals surface area contributed by atoms with Crippen LogP contribution in [0.5, 0.6) is 5.75 Å². The predicted octanol–water partition coefficient (Wildman–Crippen LogP) is 2.07.